The summed E-state index contributed by atoms with van der Waals surface area (Å²) in [4.78, 5) is 0. The van der Waals surface area contributed by atoms with Crippen molar-refractivity contribution >= 4 is 11.6 Å². The fourth-order valence-electron chi connectivity index (χ4n) is 0.691. The van der Waals surface area contributed by atoms with Gasteiger partial charge in [0.05, 0.1) is 5.88 Å². The molecule has 1 aliphatic rings. The predicted octanol–water partition coefficient (Wildman–Crippen LogP) is 1.59. The zero-order chi connectivity index (χ0) is 7.61. The van der Waals surface area contributed by atoms with Crippen LogP contribution in [0.5, 0.6) is 0 Å². The number of hydrogen-bond acceptors (Lipinski definition) is 2. The van der Waals surface area contributed by atoms with Crippen LogP contribution in [0.4, 0.5) is 0 Å². The van der Waals surface area contributed by atoms with Crippen molar-refractivity contribution in [3.8, 4) is 6.07 Å². The maximum atomic E-state index is 8.58. The summed E-state index contributed by atoms with van der Waals surface area (Å²) in [6.07, 6.45) is 3.26. The van der Waals surface area contributed by atoms with Crippen LogP contribution in [0, 0.1) is 11.3 Å². The van der Waals surface area contributed by atoms with Crippen LogP contribution in [0.3, 0.4) is 0 Å². The highest BCUT2D eigenvalue weighted by Crippen LogP contribution is 2.25. The highest BCUT2D eigenvalue weighted by atomic mass is 35.5. The molecule has 1 aliphatic heterocycles. The van der Waals surface area contributed by atoms with Crippen molar-refractivity contribution in [3.05, 3.63) is 24.5 Å². The second kappa shape index (κ2) is 2.36. The first kappa shape index (κ1) is 7.17. The molecule has 52 valence electrons. The summed E-state index contributed by atoms with van der Waals surface area (Å²) >= 11 is 5.49. The van der Waals surface area contributed by atoms with Crippen molar-refractivity contribution in [2.24, 2.45) is 0 Å². The van der Waals surface area contributed by atoms with E-state index in [-0.39, 0.29) is 5.88 Å². The first-order valence-corrected chi connectivity index (χ1v) is 3.30. The second-order valence-electron chi connectivity index (χ2n) is 2.04. The van der Waals surface area contributed by atoms with E-state index in [1.807, 2.05) is 6.07 Å². The number of nitrogens with zero attached hydrogens (tertiary/aromatic N) is 1. The average Bonchev–Trinajstić information content (AvgIpc) is 2.33. The summed E-state index contributed by atoms with van der Waals surface area (Å²) in [7, 11) is 0. The number of nitriles is 1. The molecule has 0 aromatic rings. The standard InChI is InChI=1S/C7H6ClNO/c1-6-2-3-7(4-8,5-9)10-6/h2-3H,1,4H2. The van der Waals surface area contributed by atoms with E-state index < -0.39 is 5.60 Å². The zero-order valence-electron chi connectivity index (χ0n) is 5.30. The number of halogens is 1. The Morgan fingerprint density at radius 3 is 2.80 bits per heavy atom. The van der Waals surface area contributed by atoms with Crippen molar-refractivity contribution in [1.82, 2.24) is 0 Å². The van der Waals surface area contributed by atoms with Crippen LogP contribution in [0.2, 0.25) is 0 Å². The molecule has 0 aliphatic carbocycles. The second-order valence-corrected chi connectivity index (χ2v) is 2.30. The molecule has 0 saturated heterocycles. The summed E-state index contributed by atoms with van der Waals surface area (Å²) in [5, 5.41) is 8.58. The average molecular weight is 156 g/mol. The van der Waals surface area contributed by atoms with Crippen molar-refractivity contribution in [3.63, 3.8) is 0 Å². The Kier molecular flexibility index (Phi) is 1.69. The van der Waals surface area contributed by atoms with Crippen LogP contribution >= 0.6 is 11.6 Å². The van der Waals surface area contributed by atoms with Crippen LogP contribution in [-0.2, 0) is 4.74 Å². The van der Waals surface area contributed by atoms with Crippen LogP contribution in [0.15, 0.2) is 24.5 Å². The molecule has 1 heterocycles. The summed E-state index contributed by atoms with van der Waals surface area (Å²) in [6.45, 7) is 3.53. The molecule has 2 nitrogen and oxygen atoms in total. The summed E-state index contributed by atoms with van der Waals surface area (Å²) < 4.78 is 5.05. The number of alkyl halides is 1. The molecule has 0 radical (unpaired) electrons. The Morgan fingerprint density at radius 2 is 2.60 bits per heavy atom. The third-order valence-corrected chi connectivity index (χ3v) is 1.64. The lowest BCUT2D eigenvalue weighted by molar-refractivity contribution is 0.141. The van der Waals surface area contributed by atoms with E-state index in [1.165, 1.54) is 0 Å². The van der Waals surface area contributed by atoms with E-state index in [0.717, 1.165) is 0 Å². The van der Waals surface area contributed by atoms with E-state index in [2.05, 4.69) is 6.58 Å². The third kappa shape index (κ3) is 1.01. The molecule has 0 bridgehead atoms. The SMILES string of the molecule is C=C1C=CC(C#N)(CCl)O1. The minimum Gasteiger partial charge on any atom is -0.468 e. The Hall–Kier alpha value is -0.940. The Balaban J connectivity index is 2.83. The van der Waals surface area contributed by atoms with Gasteiger partial charge in [-0.05, 0) is 12.2 Å². The van der Waals surface area contributed by atoms with Gasteiger partial charge in [0.25, 0.3) is 0 Å². The summed E-state index contributed by atoms with van der Waals surface area (Å²) in [5.74, 6) is 0.626. The fourth-order valence-corrected chi connectivity index (χ4v) is 0.895. The van der Waals surface area contributed by atoms with Gasteiger partial charge in [0.1, 0.15) is 11.8 Å². The molecule has 0 fully saturated rings. The molecular weight excluding hydrogens is 150 g/mol. The lowest BCUT2D eigenvalue weighted by Gasteiger charge is -2.15. The Bertz CT molecular complexity index is 228. The van der Waals surface area contributed by atoms with Crippen molar-refractivity contribution in [2.75, 3.05) is 5.88 Å². The number of ether oxygens (including phenoxy) is 1. The first-order valence-electron chi connectivity index (χ1n) is 2.77. The molecule has 1 rings (SSSR count). The molecule has 0 amide bonds. The van der Waals surface area contributed by atoms with E-state index in [9.17, 15) is 0 Å². The van der Waals surface area contributed by atoms with Gasteiger partial charge < -0.3 is 4.74 Å². The first-order chi connectivity index (χ1) is 4.72. The van der Waals surface area contributed by atoms with Crippen LogP contribution < -0.4 is 0 Å². The van der Waals surface area contributed by atoms with Gasteiger partial charge in [-0.15, -0.1) is 11.6 Å². The van der Waals surface area contributed by atoms with Crippen LogP contribution in [0.1, 0.15) is 0 Å². The van der Waals surface area contributed by atoms with Crippen molar-refractivity contribution < 1.29 is 4.74 Å². The topological polar surface area (TPSA) is 33.0 Å². The Morgan fingerprint density at radius 1 is 1.90 bits per heavy atom. The summed E-state index contributed by atoms with van der Waals surface area (Å²) in [6, 6.07) is 1.96. The molecule has 0 spiro atoms. The molecule has 10 heavy (non-hydrogen) atoms. The van der Waals surface area contributed by atoms with E-state index in [1.54, 1.807) is 12.2 Å². The van der Waals surface area contributed by atoms with Gasteiger partial charge in [0.15, 0.2) is 0 Å². The van der Waals surface area contributed by atoms with Gasteiger partial charge >= 0.3 is 0 Å². The quantitative estimate of drug-likeness (QED) is 0.539. The monoisotopic (exact) mass is 155 g/mol. The molecule has 3 heteroatoms. The highest BCUT2D eigenvalue weighted by molar-refractivity contribution is 6.19. The smallest absolute Gasteiger partial charge is 0.226 e. The zero-order valence-corrected chi connectivity index (χ0v) is 6.06. The van der Waals surface area contributed by atoms with Crippen LogP contribution in [0.25, 0.3) is 0 Å². The van der Waals surface area contributed by atoms with Gasteiger partial charge in [-0.2, -0.15) is 5.26 Å². The predicted molar refractivity (Wildman–Crippen MR) is 38.4 cm³/mol. The summed E-state index contributed by atoms with van der Waals surface area (Å²) in [5.41, 5.74) is -0.960. The van der Waals surface area contributed by atoms with Gasteiger partial charge in [0.2, 0.25) is 5.60 Å². The molecule has 0 N–H and O–H groups in total. The normalized spacial score (nSPS) is 29.8. The highest BCUT2D eigenvalue weighted by Gasteiger charge is 2.32. The maximum Gasteiger partial charge on any atom is 0.226 e. The van der Waals surface area contributed by atoms with E-state index >= 15 is 0 Å². The van der Waals surface area contributed by atoms with E-state index in [0.29, 0.717) is 5.76 Å². The van der Waals surface area contributed by atoms with Crippen LogP contribution in [-0.4, -0.2) is 11.5 Å². The lowest BCUT2D eigenvalue weighted by Crippen LogP contribution is -2.25. The minimum absolute atomic E-state index is 0.138. The number of allylic oxidation sites excluding steroid dienone is 1. The molecule has 0 saturated carbocycles. The van der Waals surface area contributed by atoms with Gasteiger partial charge in [-0.25, -0.2) is 0 Å². The van der Waals surface area contributed by atoms with E-state index in [4.69, 9.17) is 21.6 Å². The maximum absolute atomic E-state index is 8.58. The molecule has 0 aromatic carbocycles. The fraction of sp³-hybridized carbons (Fsp3) is 0.286. The Labute approximate surface area is 64.4 Å². The van der Waals surface area contributed by atoms with Crippen molar-refractivity contribution in [2.45, 2.75) is 5.60 Å². The largest absolute Gasteiger partial charge is 0.468 e. The van der Waals surface area contributed by atoms with Gasteiger partial charge in [0, 0.05) is 0 Å². The van der Waals surface area contributed by atoms with Gasteiger partial charge in [-0.3, -0.25) is 0 Å². The third-order valence-electron chi connectivity index (χ3n) is 1.24. The molecule has 0 aromatic heterocycles. The van der Waals surface area contributed by atoms with Crippen molar-refractivity contribution in [1.29, 1.82) is 5.26 Å². The molecule has 1 atom stereocenters. The lowest BCUT2D eigenvalue weighted by atomic mass is 10.1. The molecule has 1 unspecified atom stereocenters. The number of hydrogen-bond donors (Lipinski definition) is 0. The van der Waals surface area contributed by atoms with Gasteiger partial charge in [-0.1, -0.05) is 6.58 Å². The molecular formula is C7H6ClNO. The minimum atomic E-state index is -0.960. The number of rotatable bonds is 1.